The first kappa shape index (κ1) is 27.3. The summed E-state index contributed by atoms with van der Waals surface area (Å²) in [6.45, 7) is 6.83. The molecule has 10 nitrogen and oxygen atoms in total. The van der Waals surface area contributed by atoms with E-state index in [4.69, 9.17) is 31.5 Å². The lowest BCUT2D eigenvalue weighted by atomic mass is 10.2. The number of ether oxygens (including phenoxy) is 3. The van der Waals surface area contributed by atoms with Crippen LogP contribution < -0.4 is 20.5 Å². The van der Waals surface area contributed by atoms with Gasteiger partial charge in [-0.15, -0.1) is 0 Å². The van der Waals surface area contributed by atoms with Crippen LogP contribution in [0.15, 0.2) is 61.1 Å². The highest BCUT2D eigenvalue weighted by Crippen LogP contribution is 2.34. The van der Waals surface area contributed by atoms with Gasteiger partial charge in [0.1, 0.15) is 42.0 Å². The molecule has 4 aromatic rings. The number of anilines is 3. The van der Waals surface area contributed by atoms with E-state index >= 15 is 0 Å². The van der Waals surface area contributed by atoms with Crippen molar-refractivity contribution in [2.75, 3.05) is 24.1 Å². The number of hydrogen-bond donors (Lipinski definition) is 2. The number of nitrogens with one attached hydrogen (secondary N) is 1. The summed E-state index contributed by atoms with van der Waals surface area (Å²) in [4.78, 5) is 27.1. The van der Waals surface area contributed by atoms with Gasteiger partial charge in [0.05, 0.1) is 28.5 Å². The average molecular weight is 563 g/mol. The van der Waals surface area contributed by atoms with Crippen LogP contribution in [0.25, 0.3) is 10.9 Å². The molecule has 5 rings (SSSR count). The molecule has 208 valence electrons. The third-order valence-electron chi connectivity index (χ3n) is 6.15. The topological polar surface area (TPSA) is 125 Å². The molecule has 3 heterocycles. The van der Waals surface area contributed by atoms with Crippen LogP contribution in [-0.2, 0) is 11.3 Å². The Hall–Kier alpha value is -4.31. The average Bonchev–Trinajstić information content (AvgIpc) is 3.38. The molecule has 1 fully saturated rings. The van der Waals surface area contributed by atoms with Gasteiger partial charge in [0, 0.05) is 36.3 Å². The van der Waals surface area contributed by atoms with Crippen LogP contribution in [-0.4, -0.2) is 50.7 Å². The second-order valence-corrected chi connectivity index (χ2v) is 10.9. The molecule has 2 aromatic heterocycles. The fourth-order valence-electron chi connectivity index (χ4n) is 4.27. The number of rotatable bonds is 7. The van der Waals surface area contributed by atoms with Gasteiger partial charge in [0.25, 0.3) is 0 Å². The molecule has 0 aliphatic carbocycles. The summed E-state index contributed by atoms with van der Waals surface area (Å²) in [5.74, 6) is 1.62. The van der Waals surface area contributed by atoms with Gasteiger partial charge in [0.2, 0.25) is 0 Å². The molecule has 1 atom stereocenters. The maximum Gasteiger partial charge on any atom is 0.410 e. The van der Waals surface area contributed by atoms with E-state index in [1.165, 1.54) is 6.33 Å². The summed E-state index contributed by atoms with van der Waals surface area (Å²) in [6.07, 6.45) is 3.32. The zero-order valence-electron chi connectivity index (χ0n) is 22.6. The van der Waals surface area contributed by atoms with Crippen molar-refractivity contribution < 1.29 is 19.0 Å². The number of benzene rings is 2. The molecule has 2 aromatic carbocycles. The largest absolute Gasteiger partial charge is 0.486 e. The first-order valence-corrected chi connectivity index (χ1v) is 13.3. The summed E-state index contributed by atoms with van der Waals surface area (Å²) in [6, 6.07) is 14.6. The van der Waals surface area contributed by atoms with Crippen molar-refractivity contribution in [2.24, 2.45) is 0 Å². The minimum Gasteiger partial charge on any atom is -0.486 e. The fourth-order valence-corrected chi connectivity index (χ4v) is 4.50. The molecule has 1 aliphatic heterocycles. The summed E-state index contributed by atoms with van der Waals surface area (Å²) < 4.78 is 17.5. The van der Waals surface area contributed by atoms with Crippen molar-refractivity contribution in [1.29, 1.82) is 0 Å². The molecule has 0 radical (unpaired) electrons. The Bertz CT molecular complexity index is 1510. The number of halogens is 1. The lowest BCUT2D eigenvalue weighted by molar-refractivity contribution is 0.0276. The molecule has 1 aliphatic rings. The van der Waals surface area contributed by atoms with Crippen molar-refractivity contribution in [1.82, 2.24) is 19.9 Å². The Labute approximate surface area is 237 Å². The predicted molar refractivity (Wildman–Crippen MR) is 154 cm³/mol. The predicted octanol–water partition coefficient (Wildman–Crippen LogP) is 5.97. The van der Waals surface area contributed by atoms with Crippen LogP contribution in [0.1, 0.15) is 32.9 Å². The molecular formula is C29H31ClN6O4. The minimum atomic E-state index is -0.550. The monoisotopic (exact) mass is 562 g/mol. The van der Waals surface area contributed by atoms with E-state index < -0.39 is 5.60 Å². The number of nitrogens with zero attached hydrogens (tertiary/aromatic N) is 4. The molecule has 1 saturated heterocycles. The zero-order valence-corrected chi connectivity index (χ0v) is 23.3. The molecule has 1 unspecified atom stereocenters. The van der Waals surface area contributed by atoms with E-state index in [0.29, 0.717) is 59.7 Å². The Morgan fingerprint density at radius 3 is 2.73 bits per heavy atom. The van der Waals surface area contributed by atoms with Gasteiger partial charge in [-0.3, -0.25) is 4.98 Å². The lowest BCUT2D eigenvalue weighted by Crippen LogP contribution is -2.36. The van der Waals surface area contributed by atoms with Gasteiger partial charge in [-0.25, -0.2) is 14.8 Å². The number of aromatic nitrogens is 3. The number of nitrogen functional groups attached to an aromatic ring is 1. The van der Waals surface area contributed by atoms with Crippen molar-refractivity contribution in [2.45, 2.75) is 45.5 Å². The van der Waals surface area contributed by atoms with E-state index in [2.05, 4.69) is 20.3 Å². The Morgan fingerprint density at radius 2 is 1.98 bits per heavy atom. The smallest absolute Gasteiger partial charge is 0.410 e. The van der Waals surface area contributed by atoms with Gasteiger partial charge >= 0.3 is 6.09 Å². The van der Waals surface area contributed by atoms with Gasteiger partial charge in [-0.1, -0.05) is 17.7 Å². The van der Waals surface area contributed by atoms with Gasteiger partial charge < -0.3 is 30.2 Å². The van der Waals surface area contributed by atoms with Crippen molar-refractivity contribution in [3.63, 3.8) is 0 Å². The van der Waals surface area contributed by atoms with Crippen molar-refractivity contribution >= 4 is 45.8 Å². The molecule has 0 spiro atoms. The number of carbonyl (C=O) groups excluding carboxylic acids is 1. The Balaban J connectivity index is 1.26. The third-order valence-corrected chi connectivity index (χ3v) is 6.45. The highest BCUT2D eigenvalue weighted by atomic mass is 35.5. The van der Waals surface area contributed by atoms with Crippen LogP contribution in [0, 0.1) is 0 Å². The van der Waals surface area contributed by atoms with Gasteiger partial charge in [-0.05, 0) is 57.2 Å². The molecule has 11 heteroatoms. The summed E-state index contributed by atoms with van der Waals surface area (Å²) in [5.41, 5.74) is 8.46. The van der Waals surface area contributed by atoms with Crippen LogP contribution in [0.5, 0.6) is 11.5 Å². The SMILES string of the molecule is CC(C)(C)OC(=O)N1CCC(Oc2cc3ncnc(Nc4ccc(OCc5ccccn5)c(Cl)c4)c3cc2N)C1. The number of fused-ring (bicyclic) bond motifs is 1. The van der Waals surface area contributed by atoms with Gasteiger partial charge in [0.15, 0.2) is 0 Å². The van der Waals surface area contributed by atoms with Crippen LogP contribution in [0.3, 0.4) is 0 Å². The highest BCUT2D eigenvalue weighted by molar-refractivity contribution is 6.32. The fraction of sp³-hybridized carbons (Fsp3) is 0.310. The molecule has 3 N–H and O–H groups in total. The number of carbonyl (C=O) groups is 1. The molecular weight excluding hydrogens is 532 g/mol. The Morgan fingerprint density at radius 1 is 1.12 bits per heavy atom. The molecule has 1 amide bonds. The third kappa shape index (κ3) is 6.63. The van der Waals surface area contributed by atoms with E-state index in [-0.39, 0.29) is 12.2 Å². The van der Waals surface area contributed by atoms with Gasteiger partial charge in [-0.2, -0.15) is 0 Å². The molecule has 0 saturated carbocycles. The first-order valence-electron chi connectivity index (χ1n) is 12.9. The summed E-state index contributed by atoms with van der Waals surface area (Å²) in [7, 11) is 0. The number of nitrogens with two attached hydrogens (primary N) is 1. The van der Waals surface area contributed by atoms with Crippen molar-refractivity contribution in [3.8, 4) is 11.5 Å². The first-order chi connectivity index (χ1) is 19.1. The molecule has 0 bridgehead atoms. The number of amides is 1. The maximum atomic E-state index is 12.4. The highest BCUT2D eigenvalue weighted by Gasteiger charge is 2.31. The van der Waals surface area contributed by atoms with Crippen molar-refractivity contribution in [3.05, 3.63) is 71.8 Å². The maximum absolute atomic E-state index is 12.4. The normalized spacial score (nSPS) is 15.2. The number of hydrogen-bond acceptors (Lipinski definition) is 9. The number of likely N-dealkylation sites (tertiary alicyclic amines) is 1. The minimum absolute atomic E-state index is 0.202. The Kier molecular flexibility index (Phi) is 7.79. The molecule has 40 heavy (non-hydrogen) atoms. The second-order valence-electron chi connectivity index (χ2n) is 10.5. The van der Waals surface area contributed by atoms with Crippen LogP contribution >= 0.6 is 11.6 Å². The van der Waals surface area contributed by atoms with E-state index in [1.54, 1.807) is 35.4 Å². The standard InChI is InChI=1S/C29H31ClN6O4/c1-29(2,3)40-28(37)36-11-9-20(15-36)39-26-14-24-21(13-23(26)31)27(34-17-33-24)35-18-7-8-25(22(30)12-18)38-16-19-6-4-5-10-32-19/h4-8,10,12-14,17,20H,9,11,15-16,31H2,1-3H3,(H,33,34,35). The van der Waals surface area contributed by atoms with E-state index in [1.807, 2.05) is 45.0 Å². The lowest BCUT2D eigenvalue weighted by Gasteiger charge is -2.24. The summed E-state index contributed by atoms with van der Waals surface area (Å²) in [5, 5.41) is 4.46. The summed E-state index contributed by atoms with van der Waals surface area (Å²) >= 11 is 6.48. The number of pyridine rings is 1. The second kappa shape index (κ2) is 11.4. The zero-order chi connectivity index (χ0) is 28.3. The quantitative estimate of drug-likeness (QED) is 0.262. The van der Waals surface area contributed by atoms with Crippen LogP contribution in [0.4, 0.5) is 22.0 Å². The van der Waals surface area contributed by atoms with Crippen LogP contribution in [0.2, 0.25) is 5.02 Å². The van der Waals surface area contributed by atoms with E-state index in [0.717, 1.165) is 16.8 Å². The van der Waals surface area contributed by atoms with E-state index in [9.17, 15) is 4.79 Å².